The SMILES string of the molecule is CC(C)c1nnc(-c2cccnc2N2CCN(C(=O)c3ccco3)CC2)o1. The van der Waals surface area contributed by atoms with Gasteiger partial charge in [-0.25, -0.2) is 4.98 Å². The van der Waals surface area contributed by atoms with E-state index in [4.69, 9.17) is 8.83 Å². The molecule has 4 rings (SSSR count). The van der Waals surface area contributed by atoms with Crippen molar-refractivity contribution >= 4 is 11.7 Å². The van der Waals surface area contributed by atoms with E-state index in [0.717, 1.165) is 11.4 Å². The monoisotopic (exact) mass is 367 g/mol. The summed E-state index contributed by atoms with van der Waals surface area (Å²) in [4.78, 5) is 20.9. The van der Waals surface area contributed by atoms with E-state index in [1.54, 1.807) is 23.2 Å². The second-order valence-electron chi connectivity index (χ2n) is 6.73. The van der Waals surface area contributed by atoms with E-state index >= 15 is 0 Å². The van der Waals surface area contributed by atoms with Gasteiger partial charge in [0.05, 0.1) is 11.8 Å². The lowest BCUT2D eigenvalue weighted by Crippen LogP contribution is -2.49. The van der Waals surface area contributed by atoms with Crippen LogP contribution in [0.3, 0.4) is 0 Å². The Morgan fingerprint density at radius 3 is 2.59 bits per heavy atom. The van der Waals surface area contributed by atoms with Crippen LogP contribution in [0.2, 0.25) is 0 Å². The van der Waals surface area contributed by atoms with Crippen molar-refractivity contribution in [2.24, 2.45) is 0 Å². The van der Waals surface area contributed by atoms with Gasteiger partial charge in [-0.15, -0.1) is 10.2 Å². The van der Waals surface area contributed by atoms with Gasteiger partial charge in [-0.2, -0.15) is 0 Å². The van der Waals surface area contributed by atoms with Gasteiger partial charge in [0.15, 0.2) is 5.76 Å². The fourth-order valence-electron chi connectivity index (χ4n) is 3.07. The second kappa shape index (κ2) is 7.22. The molecular formula is C19H21N5O3. The number of amides is 1. The lowest BCUT2D eigenvalue weighted by molar-refractivity contribution is 0.0714. The molecule has 8 nitrogen and oxygen atoms in total. The van der Waals surface area contributed by atoms with Crippen molar-refractivity contribution in [3.8, 4) is 11.5 Å². The molecule has 4 heterocycles. The summed E-state index contributed by atoms with van der Waals surface area (Å²) in [6.45, 7) is 6.55. The molecule has 0 spiro atoms. The molecule has 0 N–H and O–H groups in total. The summed E-state index contributed by atoms with van der Waals surface area (Å²) < 4.78 is 11.0. The first kappa shape index (κ1) is 17.3. The molecule has 0 saturated carbocycles. The number of pyridine rings is 1. The van der Waals surface area contributed by atoms with Crippen LogP contribution in [-0.2, 0) is 0 Å². The maximum absolute atomic E-state index is 12.4. The van der Waals surface area contributed by atoms with Gasteiger partial charge in [-0.3, -0.25) is 4.79 Å². The predicted molar refractivity (Wildman–Crippen MR) is 98.4 cm³/mol. The van der Waals surface area contributed by atoms with E-state index in [-0.39, 0.29) is 11.8 Å². The van der Waals surface area contributed by atoms with Gasteiger partial charge in [-0.1, -0.05) is 13.8 Å². The number of furan rings is 1. The van der Waals surface area contributed by atoms with Crippen LogP contribution in [0.25, 0.3) is 11.5 Å². The van der Waals surface area contributed by atoms with Crippen LogP contribution < -0.4 is 4.90 Å². The second-order valence-corrected chi connectivity index (χ2v) is 6.73. The first-order valence-electron chi connectivity index (χ1n) is 9.00. The highest BCUT2D eigenvalue weighted by atomic mass is 16.4. The van der Waals surface area contributed by atoms with E-state index < -0.39 is 0 Å². The molecule has 0 bridgehead atoms. The molecule has 3 aromatic rings. The van der Waals surface area contributed by atoms with E-state index in [0.29, 0.717) is 43.7 Å². The molecule has 27 heavy (non-hydrogen) atoms. The summed E-state index contributed by atoms with van der Waals surface area (Å²) in [5, 5.41) is 8.30. The molecule has 0 radical (unpaired) electrons. The van der Waals surface area contributed by atoms with Gasteiger partial charge in [0.25, 0.3) is 11.8 Å². The molecule has 1 amide bonds. The summed E-state index contributed by atoms with van der Waals surface area (Å²) in [7, 11) is 0. The molecular weight excluding hydrogens is 346 g/mol. The van der Waals surface area contributed by atoms with Gasteiger partial charge >= 0.3 is 0 Å². The van der Waals surface area contributed by atoms with Crippen molar-refractivity contribution in [1.82, 2.24) is 20.1 Å². The highest BCUT2D eigenvalue weighted by Crippen LogP contribution is 2.29. The van der Waals surface area contributed by atoms with E-state index in [1.807, 2.05) is 26.0 Å². The molecule has 0 atom stereocenters. The number of carbonyl (C=O) groups excluding carboxylic acids is 1. The number of nitrogens with zero attached hydrogens (tertiary/aromatic N) is 5. The Kier molecular flexibility index (Phi) is 4.62. The summed E-state index contributed by atoms with van der Waals surface area (Å²) >= 11 is 0. The number of hydrogen-bond donors (Lipinski definition) is 0. The van der Waals surface area contributed by atoms with Gasteiger partial charge in [0.2, 0.25) is 5.89 Å². The van der Waals surface area contributed by atoms with Gasteiger partial charge < -0.3 is 18.6 Å². The lowest BCUT2D eigenvalue weighted by Gasteiger charge is -2.35. The lowest BCUT2D eigenvalue weighted by atomic mass is 10.2. The van der Waals surface area contributed by atoms with Crippen LogP contribution in [0.5, 0.6) is 0 Å². The minimum Gasteiger partial charge on any atom is -0.459 e. The zero-order valence-corrected chi connectivity index (χ0v) is 15.3. The number of anilines is 1. The number of hydrogen-bond acceptors (Lipinski definition) is 7. The Hall–Kier alpha value is -3.16. The maximum Gasteiger partial charge on any atom is 0.289 e. The molecule has 1 fully saturated rings. The third-order valence-corrected chi connectivity index (χ3v) is 4.55. The fraction of sp³-hybridized carbons (Fsp3) is 0.368. The highest BCUT2D eigenvalue weighted by Gasteiger charge is 2.26. The van der Waals surface area contributed by atoms with Crippen LogP contribution in [0.4, 0.5) is 5.82 Å². The third kappa shape index (κ3) is 3.42. The predicted octanol–water partition coefficient (Wildman–Crippen LogP) is 2.81. The summed E-state index contributed by atoms with van der Waals surface area (Å²) in [6.07, 6.45) is 3.26. The van der Waals surface area contributed by atoms with Crippen LogP contribution in [0.1, 0.15) is 36.2 Å². The molecule has 1 saturated heterocycles. The Bertz CT molecular complexity index is 911. The smallest absolute Gasteiger partial charge is 0.289 e. The van der Waals surface area contributed by atoms with Gasteiger partial charge in [0, 0.05) is 38.3 Å². The summed E-state index contributed by atoms with van der Waals surface area (Å²) in [5.74, 6) is 2.32. The van der Waals surface area contributed by atoms with Gasteiger partial charge in [0.1, 0.15) is 5.82 Å². The van der Waals surface area contributed by atoms with Crippen molar-refractivity contribution in [3.05, 3.63) is 48.4 Å². The van der Waals surface area contributed by atoms with Gasteiger partial charge in [-0.05, 0) is 24.3 Å². The maximum atomic E-state index is 12.4. The highest BCUT2D eigenvalue weighted by molar-refractivity contribution is 5.91. The topological polar surface area (TPSA) is 88.5 Å². The molecule has 0 aromatic carbocycles. The largest absolute Gasteiger partial charge is 0.459 e. The molecule has 8 heteroatoms. The normalized spacial score (nSPS) is 14.8. The Morgan fingerprint density at radius 1 is 1.11 bits per heavy atom. The van der Waals surface area contributed by atoms with Crippen LogP contribution >= 0.6 is 0 Å². The number of piperazine rings is 1. The number of rotatable bonds is 4. The van der Waals surface area contributed by atoms with Crippen molar-refractivity contribution in [3.63, 3.8) is 0 Å². The van der Waals surface area contributed by atoms with Crippen molar-refractivity contribution in [1.29, 1.82) is 0 Å². The summed E-state index contributed by atoms with van der Waals surface area (Å²) in [6, 6.07) is 7.20. The first-order valence-corrected chi connectivity index (χ1v) is 9.00. The average molecular weight is 367 g/mol. The molecule has 1 aliphatic heterocycles. The molecule has 3 aromatic heterocycles. The first-order chi connectivity index (χ1) is 13.1. The average Bonchev–Trinajstić information content (AvgIpc) is 3.40. The van der Waals surface area contributed by atoms with Crippen molar-refractivity contribution in [2.75, 3.05) is 31.1 Å². The molecule has 1 aliphatic rings. The fourth-order valence-corrected chi connectivity index (χ4v) is 3.07. The Morgan fingerprint density at radius 2 is 1.93 bits per heavy atom. The molecule has 0 unspecified atom stereocenters. The Balaban J connectivity index is 1.51. The van der Waals surface area contributed by atoms with Crippen LogP contribution in [0, 0.1) is 0 Å². The van der Waals surface area contributed by atoms with E-state index in [1.165, 1.54) is 6.26 Å². The third-order valence-electron chi connectivity index (χ3n) is 4.55. The van der Waals surface area contributed by atoms with Crippen molar-refractivity contribution < 1.29 is 13.6 Å². The van der Waals surface area contributed by atoms with E-state index in [2.05, 4.69) is 20.1 Å². The zero-order chi connectivity index (χ0) is 18.8. The molecule has 140 valence electrons. The van der Waals surface area contributed by atoms with Crippen LogP contribution in [0.15, 0.2) is 45.6 Å². The van der Waals surface area contributed by atoms with E-state index in [9.17, 15) is 4.79 Å². The quantitative estimate of drug-likeness (QED) is 0.700. The molecule has 0 aliphatic carbocycles. The minimum atomic E-state index is -0.0839. The van der Waals surface area contributed by atoms with Crippen LogP contribution in [-0.4, -0.2) is 52.2 Å². The standard InChI is InChI=1S/C19H21N5O3/c1-13(2)17-21-22-18(27-17)14-5-3-7-20-16(14)23-8-10-24(11-9-23)19(25)15-6-4-12-26-15/h3-7,12-13H,8-11H2,1-2H3. The number of carbonyl (C=O) groups is 1. The van der Waals surface area contributed by atoms with Crippen molar-refractivity contribution in [2.45, 2.75) is 19.8 Å². The summed E-state index contributed by atoms with van der Waals surface area (Å²) in [5.41, 5.74) is 0.808. The zero-order valence-electron chi connectivity index (χ0n) is 15.3. The Labute approximate surface area is 156 Å². The number of aromatic nitrogens is 3. The minimum absolute atomic E-state index is 0.0839.